The number of pyridine rings is 1. The molecule has 1 aromatic heterocycles. The minimum atomic E-state index is 0.107. The number of hydrogen-bond donors (Lipinski definition) is 1. The van der Waals surface area contributed by atoms with Crippen LogP contribution in [0.25, 0.3) is 0 Å². The molecule has 0 saturated carbocycles. The molecule has 0 amide bonds. The minimum Gasteiger partial charge on any atom is -0.262 e. The molecule has 1 N–H and O–H groups in total. The van der Waals surface area contributed by atoms with Crippen molar-refractivity contribution in [2.45, 2.75) is 0 Å². The van der Waals surface area contributed by atoms with Crippen LogP contribution in [-0.2, 0) is 0 Å². The summed E-state index contributed by atoms with van der Waals surface area (Å²) in [4.78, 5) is 11.0. The van der Waals surface area contributed by atoms with E-state index in [9.17, 15) is 4.79 Å². The Bertz CT molecular complexity index is 283. The first-order valence-corrected chi connectivity index (χ1v) is 3.16. The molecule has 0 atom stereocenters. The maximum absolute atomic E-state index is 11.0. The fourth-order valence-electron chi connectivity index (χ4n) is 1.06. The van der Waals surface area contributed by atoms with Crippen molar-refractivity contribution in [3.63, 3.8) is 0 Å². The van der Waals surface area contributed by atoms with Crippen molar-refractivity contribution in [2.75, 3.05) is 11.9 Å². The van der Waals surface area contributed by atoms with Crippen LogP contribution in [0.4, 0.5) is 5.82 Å². The Morgan fingerprint density at radius 3 is 3.20 bits per heavy atom. The molecule has 1 aliphatic rings. The molecule has 0 fully saturated rings. The quantitative estimate of drug-likeness (QED) is 0.509. The van der Waals surface area contributed by atoms with Crippen molar-refractivity contribution in [1.82, 2.24) is 0 Å². The second kappa shape index (κ2) is 1.80. The molecule has 1 aromatic rings. The highest BCUT2D eigenvalue weighted by molar-refractivity contribution is 5.76. The lowest BCUT2D eigenvalue weighted by atomic mass is 10.4. The Balaban J connectivity index is 2.61. The molecule has 10 heavy (non-hydrogen) atoms. The van der Waals surface area contributed by atoms with Gasteiger partial charge in [0.15, 0.2) is 6.54 Å². The number of nitrogens with one attached hydrogen (secondary N) is 1. The molecule has 0 aliphatic carbocycles. The molecular formula is C7H7N2O+. The monoisotopic (exact) mass is 135 g/mol. The van der Waals surface area contributed by atoms with Gasteiger partial charge in [-0.1, -0.05) is 6.07 Å². The third-order valence-corrected chi connectivity index (χ3v) is 1.55. The Hall–Kier alpha value is -1.38. The first kappa shape index (κ1) is 5.41. The maximum atomic E-state index is 11.0. The van der Waals surface area contributed by atoms with E-state index in [1.165, 1.54) is 0 Å². The Morgan fingerprint density at radius 2 is 2.40 bits per heavy atom. The average Bonchev–Trinajstić information content (AvgIpc) is 2.34. The number of hydrogen-bond acceptors (Lipinski definition) is 2. The number of fused-ring (bicyclic) bond motifs is 1. The predicted octanol–water partition coefficient (Wildman–Crippen LogP) is 0.0398. The van der Waals surface area contributed by atoms with Gasteiger partial charge in [-0.3, -0.25) is 5.32 Å². The van der Waals surface area contributed by atoms with E-state index in [2.05, 4.69) is 5.32 Å². The maximum Gasteiger partial charge on any atom is 0.355 e. The number of rotatable bonds is 0. The lowest BCUT2D eigenvalue weighted by molar-refractivity contribution is -0.551. The fraction of sp³-hybridized carbons (Fsp3) is 0.143. The van der Waals surface area contributed by atoms with E-state index in [4.69, 9.17) is 0 Å². The van der Waals surface area contributed by atoms with Crippen LogP contribution in [0.2, 0.25) is 0 Å². The van der Waals surface area contributed by atoms with Gasteiger partial charge in [-0.2, -0.15) is 4.57 Å². The summed E-state index contributed by atoms with van der Waals surface area (Å²) < 4.78 is 1.61. The van der Waals surface area contributed by atoms with Gasteiger partial charge in [0.2, 0.25) is 0 Å². The van der Waals surface area contributed by atoms with Crippen molar-refractivity contribution < 1.29 is 9.36 Å². The predicted molar refractivity (Wildman–Crippen MR) is 35.8 cm³/mol. The molecular weight excluding hydrogens is 128 g/mol. The molecule has 0 spiro atoms. The third-order valence-electron chi connectivity index (χ3n) is 1.55. The van der Waals surface area contributed by atoms with E-state index >= 15 is 0 Å². The minimum absolute atomic E-state index is 0.107. The normalized spacial score (nSPS) is 14.6. The van der Waals surface area contributed by atoms with Crippen LogP contribution in [-0.4, -0.2) is 12.5 Å². The van der Waals surface area contributed by atoms with Gasteiger partial charge in [-0.05, 0) is 6.07 Å². The van der Waals surface area contributed by atoms with E-state index < -0.39 is 0 Å². The summed E-state index contributed by atoms with van der Waals surface area (Å²) in [5, 5.41) is 2.96. The van der Waals surface area contributed by atoms with E-state index in [-0.39, 0.29) is 5.91 Å². The van der Waals surface area contributed by atoms with Crippen molar-refractivity contribution in [3.8, 4) is 0 Å². The second-order valence-corrected chi connectivity index (χ2v) is 2.20. The number of anilines is 1. The SMILES string of the molecule is O=C1CNc2cccc[n+]21. The highest BCUT2D eigenvalue weighted by Gasteiger charge is 2.24. The molecule has 0 unspecified atom stereocenters. The molecule has 3 heteroatoms. The molecule has 0 radical (unpaired) electrons. The fourth-order valence-corrected chi connectivity index (χ4v) is 1.06. The van der Waals surface area contributed by atoms with Gasteiger partial charge in [-0.25, -0.2) is 4.79 Å². The smallest absolute Gasteiger partial charge is 0.262 e. The summed E-state index contributed by atoms with van der Waals surface area (Å²) in [7, 11) is 0. The molecule has 3 nitrogen and oxygen atoms in total. The molecule has 1 aliphatic heterocycles. The second-order valence-electron chi connectivity index (χ2n) is 2.20. The van der Waals surface area contributed by atoms with Crippen molar-refractivity contribution >= 4 is 11.7 Å². The molecule has 50 valence electrons. The number of carbonyl (C=O) groups excluding carboxylic acids is 1. The lowest BCUT2D eigenvalue weighted by Gasteiger charge is -1.87. The van der Waals surface area contributed by atoms with Gasteiger partial charge < -0.3 is 0 Å². The summed E-state index contributed by atoms with van der Waals surface area (Å²) >= 11 is 0. The van der Waals surface area contributed by atoms with Crippen LogP contribution in [0.3, 0.4) is 0 Å². The van der Waals surface area contributed by atoms with Crippen molar-refractivity contribution in [2.24, 2.45) is 0 Å². The summed E-state index contributed by atoms with van der Waals surface area (Å²) in [5.41, 5.74) is 0. The summed E-state index contributed by atoms with van der Waals surface area (Å²) in [5.74, 6) is 0.989. The number of nitrogens with zero attached hydrogens (tertiary/aromatic N) is 1. The summed E-state index contributed by atoms with van der Waals surface area (Å²) in [6.45, 7) is 0.421. The zero-order chi connectivity index (χ0) is 6.97. The molecule has 0 aromatic carbocycles. The zero-order valence-corrected chi connectivity index (χ0v) is 5.37. The van der Waals surface area contributed by atoms with E-state index in [1.807, 2.05) is 18.2 Å². The standard InChI is InChI=1S/C7H6N2O/c10-7-5-8-6-3-1-2-4-9(6)7/h1-4H,5H2/p+1. The highest BCUT2D eigenvalue weighted by Crippen LogP contribution is 2.01. The van der Waals surface area contributed by atoms with Crippen LogP contribution in [0.1, 0.15) is 4.79 Å². The molecule has 0 saturated heterocycles. The van der Waals surface area contributed by atoms with Crippen molar-refractivity contribution in [3.05, 3.63) is 24.4 Å². The number of carbonyl (C=O) groups is 1. The Kier molecular flexibility index (Phi) is 0.974. The van der Waals surface area contributed by atoms with Gasteiger partial charge in [0, 0.05) is 6.07 Å². The van der Waals surface area contributed by atoms with Gasteiger partial charge >= 0.3 is 5.91 Å². The first-order valence-electron chi connectivity index (χ1n) is 3.16. The third kappa shape index (κ3) is 0.603. The van der Waals surface area contributed by atoms with Crippen LogP contribution in [0.15, 0.2) is 24.4 Å². The van der Waals surface area contributed by atoms with Gasteiger partial charge in [0.25, 0.3) is 5.82 Å². The summed E-state index contributed by atoms with van der Waals surface area (Å²) in [6.07, 6.45) is 1.76. The topological polar surface area (TPSA) is 33.0 Å². The Labute approximate surface area is 58.3 Å². The molecule has 0 bridgehead atoms. The van der Waals surface area contributed by atoms with Crippen LogP contribution in [0, 0.1) is 0 Å². The molecule has 2 rings (SSSR count). The number of aromatic nitrogens is 1. The van der Waals surface area contributed by atoms with Gasteiger partial charge in [0.05, 0.1) is 6.20 Å². The van der Waals surface area contributed by atoms with E-state index in [0.29, 0.717) is 6.54 Å². The zero-order valence-electron chi connectivity index (χ0n) is 5.37. The lowest BCUT2D eigenvalue weighted by Crippen LogP contribution is -2.38. The largest absolute Gasteiger partial charge is 0.355 e. The van der Waals surface area contributed by atoms with Crippen molar-refractivity contribution in [1.29, 1.82) is 0 Å². The highest BCUT2D eigenvalue weighted by atomic mass is 16.2. The molecule has 2 heterocycles. The average molecular weight is 135 g/mol. The van der Waals surface area contributed by atoms with Crippen LogP contribution >= 0.6 is 0 Å². The van der Waals surface area contributed by atoms with E-state index in [1.54, 1.807) is 10.8 Å². The van der Waals surface area contributed by atoms with Crippen LogP contribution in [0.5, 0.6) is 0 Å². The van der Waals surface area contributed by atoms with E-state index in [0.717, 1.165) is 5.82 Å². The van der Waals surface area contributed by atoms with Gasteiger partial charge in [-0.15, -0.1) is 0 Å². The van der Waals surface area contributed by atoms with Gasteiger partial charge in [0.1, 0.15) is 0 Å². The summed E-state index contributed by atoms with van der Waals surface area (Å²) in [6, 6.07) is 5.62. The van der Waals surface area contributed by atoms with Crippen LogP contribution < -0.4 is 9.88 Å². The Morgan fingerprint density at radius 1 is 1.50 bits per heavy atom. The first-order chi connectivity index (χ1) is 4.88.